The van der Waals surface area contributed by atoms with E-state index in [0.717, 1.165) is 19.3 Å². The van der Waals surface area contributed by atoms with Crippen molar-refractivity contribution in [2.45, 2.75) is 51.5 Å². The molecule has 0 bridgehead atoms. The minimum absolute atomic E-state index is 0.0971. The van der Waals surface area contributed by atoms with Gasteiger partial charge in [0.15, 0.2) is 0 Å². The van der Waals surface area contributed by atoms with Crippen molar-refractivity contribution in [3.05, 3.63) is 0 Å². The number of nitrogens with zero attached hydrogens (tertiary/aromatic N) is 1. The van der Waals surface area contributed by atoms with Gasteiger partial charge in [0.25, 0.3) is 0 Å². The first kappa shape index (κ1) is 14.3. The lowest BCUT2D eigenvalue weighted by molar-refractivity contribution is 0.372. The summed E-state index contributed by atoms with van der Waals surface area (Å²) in [4.78, 5) is 0. The second-order valence-electron chi connectivity index (χ2n) is 6.05. The molecule has 0 amide bonds. The highest BCUT2D eigenvalue weighted by Crippen LogP contribution is 2.28. The van der Waals surface area contributed by atoms with E-state index in [1.54, 1.807) is 4.31 Å². The molecule has 0 aromatic rings. The number of rotatable bonds is 4. The maximum absolute atomic E-state index is 12.4. The minimum atomic E-state index is -3.05. The summed E-state index contributed by atoms with van der Waals surface area (Å²) in [5.74, 6) is 1.09. The zero-order chi connectivity index (χ0) is 13.2. The van der Waals surface area contributed by atoms with Gasteiger partial charge in [0.05, 0.1) is 5.75 Å². The molecule has 1 aliphatic heterocycles. The van der Waals surface area contributed by atoms with Crippen LogP contribution in [0.2, 0.25) is 0 Å². The quantitative estimate of drug-likeness (QED) is 0.846. The summed E-state index contributed by atoms with van der Waals surface area (Å²) in [6, 6.07) is 0.0971. The molecule has 1 heterocycles. The molecule has 2 fully saturated rings. The Labute approximate surface area is 111 Å². The Morgan fingerprint density at radius 1 is 1.22 bits per heavy atom. The van der Waals surface area contributed by atoms with Crippen LogP contribution in [0.4, 0.5) is 0 Å². The molecule has 0 aromatic carbocycles. The van der Waals surface area contributed by atoms with Gasteiger partial charge in [-0.1, -0.05) is 19.3 Å². The molecule has 1 saturated heterocycles. The van der Waals surface area contributed by atoms with Gasteiger partial charge in [0, 0.05) is 19.1 Å². The number of hydrogen-bond donors (Lipinski definition) is 1. The smallest absolute Gasteiger partial charge is 0.214 e. The standard InChI is InChI=1S/C13H26N2O2S/c1-11(14)13-7-8-15(9-13)18(16,17)10-12-5-3-2-4-6-12/h11-13H,2-10,14H2,1H3. The van der Waals surface area contributed by atoms with Gasteiger partial charge in [-0.2, -0.15) is 0 Å². The average Bonchev–Trinajstić information content (AvgIpc) is 2.79. The fourth-order valence-corrected chi connectivity index (χ4v) is 5.13. The zero-order valence-corrected chi connectivity index (χ0v) is 12.2. The molecule has 0 aromatic heterocycles. The third kappa shape index (κ3) is 3.45. The highest BCUT2D eigenvalue weighted by Gasteiger charge is 2.34. The van der Waals surface area contributed by atoms with Gasteiger partial charge in [-0.3, -0.25) is 0 Å². The molecule has 2 atom stereocenters. The third-order valence-electron chi connectivity index (χ3n) is 4.50. The summed E-state index contributed by atoms with van der Waals surface area (Å²) in [5, 5.41) is 0. The van der Waals surface area contributed by atoms with Crippen molar-refractivity contribution in [2.75, 3.05) is 18.8 Å². The van der Waals surface area contributed by atoms with Gasteiger partial charge in [-0.05, 0) is 38.0 Å². The van der Waals surface area contributed by atoms with Crippen molar-refractivity contribution in [2.24, 2.45) is 17.6 Å². The van der Waals surface area contributed by atoms with Crippen molar-refractivity contribution in [3.8, 4) is 0 Å². The fraction of sp³-hybridized carbons (Fsp3) is 1.00. The predicted octanol–water partition coefficient (Wildman–Crippen LogP) is 1.57. The van der Waals surface area contributed by atoms with Gasteiger partial charge < -0.3 is 5.73 Å². The fourth-order valence-electron chi connectivity index (χ4n) is 3.19. The van der Waals surface area contributed by atoms with Crippen LogP contribution in [-0.4, -0.2) is 37.6 Å². The van der Waals surface area contributed by atoms with Crippen molar-refractivity contribution < 1.29 is 8.42 Å². The molecular weight excluding hydrogens is 248 g/mol. The summed E-state index contributed by atoms with van der Waals surface area (Å²) >= 11 is 0. The Morgan fingerprint density at radius 3 is 2.44 bits per heavy atom. The lowest BCUT2D eigenvalue weighted by atomic mass is 9.91. The average molecular weight is 274 g/mol. The number of sulfonamides is 1. The first-order chi connectivity index (χ1) is 8.49. The molecule has 18 heavy (non-hydrogen) atoms. The molecule has 2 aliphatic rings. The lowest BCUT2D eigenvalue weighted by Gasteiger charge is -2.24. The number of nitrogens with two attached hydrogens (primary N) is 1. The Kier molecular flexibility index (Phi) is 4.67. The molecule has 2 rings (SSSR count). The highest BCUT2D eigenvalue weighted by atomic mass is 32.2. The topological polar surface area (TPSA) is 63.4 Å². The molecule has 4 nitrogen and oxygen atoms in total. The molecular formula is C13H26N2O2S. The zero-order valence-electron chi connectivity index (χ0n) is 11.3. The van der Waals surface area contributed by atoms with Crippen LogP contribution < -0.4 is 5.73 Å². The molecule has 5 heteroatoms. The molecule has 1 aliphatic carbocycles. The third-order valence-corrected chi connectivity index (χ3v) is 6.51. The van der Waals surface area contributed by atoms with Crippen molar-refractivity contribution in [3.63, 3.8) is 0 Å². The SMILES string of the molecule is CC(N)C1CCN(S(=O)(=O)CC2CCCCC2)C1. The van der Waals surface area contributed by atoms with E-state index >= 15 is 0 Å². The summed E-state index contributed by atoms with van der Waals surface area (Å²) in [5.41, 5.74) is 5.87. The van der Waals surface area contributed by atoms with Gasteiger partial charge >= 0.3 is 0 Å². The summed E-state index contributed by atoms with van der Waals surface area (Å²) in [7, 11) is -3.05. The van der Waals surface area contributed by atoms with Crippen molar-refractivity contribution in [1.82, 2.24) is 4.31 Å². The Bertz CT molecular complexity index is 361. The molecule has 2 N–H and O–H groups in total. The Morgan fingerprint density at radius 2 is 1.89 bits per heavy atom. The van der Waals surface area contributed by atoms with Crippen molar-refractivity contribution >= 4 is 10.0 Å². The molecule has 0 spiro atoms. The van der Waals surface area contributed by atoms with Crippen LogP contribution >= 0.6 is 0 Å². The summed E-state index contributed by atoms with van der Waals surface area (Å²) < 4.78 is 26.4. The summed E-state index contributed by atoms with van der Waals surface area (Å²) in [6.07, 6.45) is 6.76. The monoisotopic (exact) mass is 274 g/mol. The van der Waals surface area contributed by atoms with Crippen LogP contribution in [0.25, 0.3) is 0 Å². The van der Waals surface area contributed by atoms with Crippen LogP contribution in [0.15, 0.2) is 0 Å². The maximum atomic E-state index is 12.4. The van der Waals surface area contributed by atoms with E-state index in [9.17, 15) is 8.42 Å². The predicted molar refractivity (Wildman–Crippen MR) is 73.7 cm³/mol. The van der Waals surface area contributed by atoms with Gasteiger partial charge in [0.2, 0.25) is 10.0 Å². The maximum Gasteiger partial charge on any atom is 0.214 e. The van der Waals surface area contributed by atoms with E-state index < -0.39 is 10.0 Å². The van der Waals surface area contributed by atoms with Crippen LogP contribution in [0.5, 0.6) is 0 Å². The van der Waals surface area contributed by atoms with Gasteiger partial charge in [-0.25, -0.2) is 12.7 Å². The lowest BCUT2D eigenvalue weighted by Crippen LogP contribution is -2.36. The largest absolute Gasteiger partial charge is 0.328 e. The molecule has 0 radical (unpaired) electrons. The second kappa shape index (κ2) is 5.88. The summed E-state index contributed by atoms with van der Waals surface area (Å²) in [6.45, 7) is 3.27. The van der Waals surface area contributed by atoms with E-state index in [1.807, 2.05) is 6.92 Å². The molecule has 106 valence electrons. The van der Waals surface area contributed by atoms with E-state index in [-0.39, 0.29) is 6.04 Å². The van der Waals surface area contributed by atoms with Crippen LogP contribution in [0.3, 0.4) is 0 Å². The minimum Gasteiger partial charge on any atom is -0.328 e. The van der Waals surface area contributed by atoms with E-state index in [0.29, 0.717) is 30.7 Å². The van der Waals surface area contributed by atoms with Crippen LogP contribution in [0, 0.1) is 11.8 Å². The normalized spacial score (nSPS) is 29.6. The van der Waals surface area contributed by atoms with Crippen molar-refractivity contribution in [1.29, 1.82) is 0 Å². The molecule has 2 unspecified atom stereocenters. The first-order valence-corrected chi connectivity index (χ1v) is 8.83. The molecule has 1 saturated carbocycles. The second-order valence-corrected chi connectivity index (χ2v) is 8.06. The highest BCUT2D eigenvalue weighted by molar-refractivity contribution is 7.89. The Hall–Kier alpha value is -0.130. The Balaban J connectivity index is 1.90. The first-order valence-electron chi connectivity index (χ1n) is 7.22. The van der Waals surface area contributed by atoms with E-state index in [2.05, 4.69) is 0 Å². The van der Waals surface area contributed by atoms with E-state index in [1.165, 1.54) is 19.3 Å². The van der Waals surface area contributed by atoms with Gasteiger partial charge in [-0.15, -0.1) is 0 Å². The van der Waals surface area contributed by atoms with Gasteiger partial charge in [0.1, 0.15) is 0 Å². The number of hydrogen-bond acceptors (Lipinski definition) is 3. The van der Waals surface area contributed by atoms with Crippen LogP contribution in [0.1, 0.15) is 45.4 Å². The van der Waals surface area contributed by atoms with E-state index in [4.69, 9.17) is 5.73 Å². The van der Waals surface area contributed by atoms with Crippen LogP contribution in [-0.2, 0) is 10.0 Å².